The third-order valence-electron chi connectivity index (χ3n) is 3.24. The minimum absolute atomic E-state index is 0.0755. The van der Waals surface area contributed by atoms with Crippen LogP contribution in [0.2, 0.25) is 0 Å². The highest BCUT2D eigenvalue weighted by Gasteiger charge is 2.35. The molecule has 98 valence electrons. The van der Waals surface area contributed by atoms with Crippen molar-refractivity contribution < 1.29 is 14.7 Å². The first-order valence-electron chi connectivity index (χ1n) is 5.85. The molecule has 6 heteroatoms. The van der Waals surface area contributed by atoms with Crippen LogP contribution >= 0.6 is 11.8 Å². The van der Waals surface area contributed by atoms with Gasteiger partial charge >= 0.3 is 5.97 Å². The number of aliphatic carboxylic acids is 1. The second kappa shape index (κ2) is 6.26. The van der Waals surface area contributed by atoms with Crippen LogP contribution in [0, 0.1) is 5.92 Å². The molecule has 0 saturated carbocycles. The van der Waals surface area contributed by atoms with Crippen LogP contribution in [0.5, 0.6) is 0 Å². The summed E-state index contributed by atoms with van der Waals surface area (Å²) >= 11 is 1.56. The van der Waals surface area contributed by atoms with E-state index in [1.54, 1.807) is 11.8 Å². The highest BCUT2D eigenvalue weighted by atomic mass is 32.2. The van der Waals surface area contributed by atoms with Gasteiger partial charge in [-0.15, -0.1) is 0 Å². The van der Waals surface area contributed by atoms with Gasteiger partial charge in [0, 0.05) is 18.1 Å². The molecular formula is C11H20N2O3S. The van der Waals surface area contributed by atoms with Crippen molar-refractivity contribution in [1.29, 1.82) is 0 Å². The molecule has 0 aromatic carbocycles. The van der Waals surface area contributed by atoms with Gasteiger partial charge in [0.25, 0.3) is 0 Å². The maximum Gasteiger partial charge on any atom is 0.327 e. The number of rotatable bonds is 4. The van der Waals surface area contributed by atoms with E-state index in [0.29, 0.717) is 12.3 Å². The van der Waals surface area contributed by atoms with Crippen LogP contribution in [0.4, 0.5) is 0 Å². The number of carboxylic acids is 1. The van der Waals surface area contributed by atoms with Crippen LogP contribution in [0.15, 0.2) is 0 Å². The van der Waals surface area contributed by atoms with Gasteiger partial charge in [-0.05, 0) is 5.92 Å². The Morgan fingerprint density at radius 1 is 1.59 bits per heavy atom. The lowest BCUT2D eigenvalue weighted by Gasteiger charge is -2.35. The monoisotopic (exact) mass is 260 g/mol. The summed E-state index contributed by atoms with van der Waals surface area (Å²) in [6, 6.07) is -1.32. The van der Waals surface area contributed by atoms with E-state index in [1.165, 1.54) is 4.90 Å². The minimum Gasteiger partial charge on any atom is -0.480 e. The molecule has 17 heavy (non-hydrogen) atoms. The molecule has 1 fully saturated rings. The summed E-state index contributed by atoms with van der Waals surface area (Å²) in [4.78, 5) is 24.7. The molecule has 1 amide bonds. The number of carbonyl (C=O) groups is 2. The molecule has 0 bridgehead atoms. The Kier molecular flexibility index (Phi) is 5.27. The van der Waals surface area contributed by atoms with Gasteiger partial charge in [0.15, 0.2) is 0 Å². The number of nitrogens with two attached hydrogens (primary N) is 1. The number of carboxylic acid groups (broad SMARTS) is 1. The maximum atomic E-state index is 12.1. The number of hydrogen-bond donors (Lipinski definition) is 2. The molecule has 5 nitrogen and oxygen atoms in total. The highest BCUT2D eigenvalue weighted by Crippen LogP contribution is 2.19. The molecule has 1 rings (SSSR count). The van der Waals surface area contributed by atoms with E-state index in [2.05, 4.69) is 0 Å². The number of hydrogen-bond acceptors (Lipinski definition) is 4. The van der Waals surface area contributed by atoms with Gasteiger partial charge < -0.3 is 15.7 Å². The lowest BCUT2D eigenvalue weighted by Crippen LogP contribution is -2.56. The van der Waals surface area contributed by atoms with E-state index in [9.17, 15) is 9.59 Å². The van der Waals surface area contributed by atoms with E-state index >= 15 is 0 Å². The Hall–Kier alpha value is -0.750. The SMILES string of the molecule is CCC(C)[C@H](N)C(=O)N1CCSCC1C(=O)O. The summed E-state index contributed by atoms with van der Waals surface area (Å²) in [5.74, 6) is 0.136. The van der Waals surface area contributed by atoms with E-state index in [4.69, 9.17) is 10.8 Å². The smallest absolute Gasteiger partial charge is 0.327 e. The Balaban J connectivity index is 2.74. The predicted octanol–water partition coefficient (Wildman–Crippen LogP) is 0.388. The number of carbonyl (C=O) groups excluding carboxylic acids is 1. The Bertz CT molecular complexity index is 298. The molecule has 0 aromatic heterocycles. The van der Waals surface area contributed by atoms with E-state index in [1.807, 2.05) is 13.8 Å². The Labute approximate surface area is 106 Å². The van der Waals surface area contributed by atoms with Crippen LogP contribution in [-0.4, -0.2) is 52.0 Å². The van der Waals surface area contributed by atoms with E-state index in [0.717, 1.165) is 12.2 Å². The third kappa shape index (κ3) is 3.35. The average Bonchev–Trinajstić information content (AvgIpc) is 2.35. The van der Waals surface area contributed by atoms with E-state index in [-0.39, 0.29) is 11.8 Å². The first-order chi connectivity index (χ1) is 7.99. The van der Waals surface area contributed by atoms with Gasteiger partial charge in [-0.2, -0.15) is 11.8 Å². The summed E-state index contributed by atoms with van der Waals surface area (Å²) in [5, 5.41) is 9.09. The largest absolute Gasteiger partial charge is 0.480 e. The fourth-order valence-electron chi connectivity index (χ4n) is 1.76. The molecule has 3 N–H and O–H groups in total. The van der Waals surface area contributed by atoms with Crippen molar-refractivity contribution in [2.75, 3.05) is 18.1 Å². The van der Waals surface area contributed by atoms with Crippen molar-refractivity contribution in [2.45, 2.75) is 32.4 Å². The van der Waals surface area contributed by atoms with Crippen molar-refractivity contribution in [3.05, 3.63) is 0 Å². The molecule has 0 aliphatic carbocycles. The Morgan fingerprint density at radius 2 is 2.24 bits per heavy atom. The van der Waals surface area contributed by atoms with Gasteiger partial charge in [-0.3, -0.25) is 4.79 Å². The second-order valence-electron chi connectivity index (χ2n) is 4.37. The summed E-state index contributed by atoms with van der Waals surface area (Å²) in [7, 11) is 0. The predicted molar refractivity (Wildman–Crippen MR) is 67.9 cm³/mol. The minimum atomic E-state index is -0.943. The zero-order valence-corrected chi connectivity index (χ0v) is 11.1. The standard InChI is InChI=1S/C11H20N2O3S/c1-3-7(2)9(12)10(14)13-4-5-17-6-8(13)11(15)16/h7-9H,3-6,12H2,1-2H3,(H,15,16)/t7?,8?,9-/m0/s1. The normalized spacial score (nSPS) is 24.2. The van der Waals surface area contributed by atoms with Crippen LogP contribution in [-0.2, 0) is 9.59 Å². The topological polar surface area (TPSA) is 83.6 Å². The van der Waals surface area contributed by atoms with Crippen molar-refractivity contribution >= 4 is 23.6 Å². The van der Waals surface area contributed by atoms with Crippen LogP contribution in [0.3, 0.4) is 0 Å². The molecule has 0 radical (unpaired) electrons. The van der Waals surface area contributed by atoms with Gasteiger partial charge in [0.1, 0.15) is 6.04 Å². The van der Waals surface area contributed by atoms with Gasteiger partial charge in [0.05, 0.1) is 6.04 Å². The fourth-order valence-corrected chi connectivity index (χ4v) is 2.80. The maximum absolute atomic E-state index is 12.1. The second-order valence-corrected chi connectivity index (χ2v) is 5.52. The summed E-state index contributed by atoms with van der Waals surface area (Å²) in [5.41, 5.74) is 5.87. The number of thioether (sulfide) groups is 1. The first kappa shape index (κ1) is 14.3. The van der Waals surface area contributed by atoms with Gasteiger partial charge in [-0.25, -0.2) is 4.79 Å². The van der Waals surface area contributed by atoms with Crippen molar-refractivity contribution in [3.8, 4) is 0 Å². The number of nitrogens with zero attached hydrogens (tertiary/aromatic N) is 1. The quantitative estimate of drug-likeness (QED) is 0.764. The van der Waals surface area contributed by atoms with E-state index < -0.39 is 18.1 Å². The molecular weight excluding hydrogens is 240 g/mol. The summed E-state index contributed by atoms with van der Waals surface area (Å²) in [6.07, 6.45) is 0.813. The highest BCUT2D eigenvalue weighted by molar-refractivity contribution is 7.99. The first-order valence-corrected chi connectivity index (χ1v) is 7.01. The van der Waals surface area contributed by atoms with Crippen LogP contribution in [0.1, 0.15) is 20.3 Å². The van der Waals surface area contributed by atoms with Crippen molar-refractivity contribution in [2.24, 2.45) is 11.7 Å². The molecule has 2 unspecified atom stereocenters. The zero-order valence-electron chi connectivity index (χ0n) is 10.3. The molecule has 0 aromatic rings. The average molecular weight is 260 g/mol. The molecule has 1 aliphatic rings. The van der Waals surface area contributed by atoms with Gasteiger partial charge in [-0.1, -0.05) is 20.3 Å². The van der Waals surface area contributed by atoms with Crippen molar-refractivity contribution in [3.63, 3.8) is 0 Å². The molecule has 0 spiro atoms. The molecule has 1 heterocycles. The van der Waals surface area contributed by atoms with Gasteiger partial charge in [0.2, 0.25) is 5.91 Å². The third-order valence-corrected chi connectivity index (χ3v) is 4.26. The molecule has 1 saturated heterocycles. The zero-order chi connectivity index (χ0) is 13.0. The fraction of sp³-hybridized carbons (Fsp3) is 0.818. The lowest BCUT2D eigenvalue weighted by molar-refractivity contribution is -0.150. The summed E-state index contributed by atoms with van der Waals surface area (Å²) in [6.45, 7) is 4.36. The molecule has 3 atom stereocenters. The van der Waals surface area contributed by atoms with Crippen molar-refractivity contribution in [1.82, 2.24) is 4.90 Å². The lowest BCUT2D eigenvalue weighted by atomic mass is 9.98. The molecule has 1 aliphatic heterocycles. The Morgan fingerprint density at radius 3 is 2.76 bits per heavy atom. The number of amides is 1. The summed E-state index contributed by atoms with van der Waals surface area (Å²) < 4.78 is 0. The van der Waals surface area contributed by atoms with Crippen LogP contribution < -0.4 is 5.73 Å². The van der Waals surface area contributed by atoms with Crippen LogP contribution in [0.25, 0.3) is 0 Å².